The summed E-state index contributed by atoms with van der Waals surface area (Å²) in [5.41, 5.74) is 0.949. The van der Waals surface area contributed by atoms with Gasteiger partial charge in [0.25, 0.3) is 0 Å². The Morgan fingerprint density at radius 1 is 1.53 bits per heavy atom. The Morgan fingerprint density at radius 3 is 2.84 bits per heavy atom. The second kappa shape index (κ2) is 5.75. The third-order valence-corrected chi connectivity index (χ3v) is 3.45. The first kappa shape index (κ1) is 14.7. The fourth-order valence-electron chi connectivity index (χ4n) is 2.07. The molecule has 1 heterocycles. The van der Waals surface area contributed by atoms with Gasteiger partial charge in [-0.15, -0.1) is 0 Å². The van der Waals surface area contributed by atoms with Gasteiger partial charge in [-0.1, -0.05) is 17.7 Å². The van der Waals surface area contributed by atoms with Crippen LogP contribution in [-0.4, -0.2) is 25.0 Å². The lowest BCUT2D eigenvalue weighted by molar-refractivity contribution is -0.137. The van der Waals surface area contributed by atoms with Crippen LogP contribution in [0, 0.1) is 5.82 Å². The van der Waals surface area contributed by atoms with Crippen LogP contribution >= 0.6 is 11.6 Å². The van der Waals surface area contributed by atoms with Crippen molar-refractivity contribution in [1.29, 1.82) is 0 Å². The molecule has 1 fully saturated rings. The Labute approximate surface area is 118 Å². The molecule has 2 unspecified atom stereocenters. The zero-order valence-corrected chi connectivity index (χ0v) is 12.1. The van der Waals surface area contributed by atoms with Crippen molar-refractivity contribution in [2.24, 2.45) is 0 Å². The molecule has 1 saturated heterocycles. The van der Waals surface area contributed by atoms with Gasteiger partial charge in [0.05, 0.1) is 17.7 Å². The van der Waals surface area contributed by atoms with Crippen LogP contribution in [0.2, 0.25) is 5.02 Å². The summed E-state index contributed by atoms with van der Waals surface area (Å²) in [6.07, 6.45) is 0.0355. The van der Waals surface area contributed by atoms with Crippen molar-refractivity contribution in [3.8, 4) is 0 Å². The van der Waals surface area contributed by atoms with Gasteiger partial charge in [0.15, 0.2) is 5.79 Å². The minimum Gasteiger partial charge on any atom is -0.348 e. The number of rotatable bonds is 4. The molecule has 1 N–H and O–H groups in total. The normalized spacial score (nSPS) is 23.5. The first-order valence-corrected chi connectivity index (χ1v) is 6.75. The predicted molar refractivity (Wildman–Crippen MR) is 72.7 cm³/mol. The molecule has 3 nitrogen and oxygen atoms in total. The highest BCUT2D eigenvalue weighted by atomic mass is 35.5. The smallest absolute Gasteiger partial charge is 0.163 e. The van der Waals surface area contributed by atoms with Crippen LogP contribution in [0.5, 0.6) is 0 Å². The van der Waals surface area contributed by atoms with Gasteiger partial charge < -0.3 is 14.8 Å². The monoisotopic (exact) mass is 287 g/mol. The molecule has 0 saturated carbocycles. The van der Waals surface area contributed by atoms with Crippen LogP contribution in [0.15, 0.2) is 18.2 Å². The second-order valence-corrected chi connectivity index (χ2v) is 5.66. The largest absolute Gasteiger partial charge is 0.348 e. The lowest BCUT2D eigenvalue weighted by Gasteiger charge is -2.19. The van der Waals surface area contributed by atoms with E-state index in [1.807, 2.05) is 20.8 Å². The summed E-state index contributed by atoms with van der Waals surface area (Å²) in [5.74, 6) is -0.902. The van der Waals surface area contributed by atoms with Crippen molar-refractivity contribution in [2.45, 2.75) is 38.7 Å². The van der Waals surface area contributed by atoms with E-state index in [-0.39, 0.29) is 17.2 Å². The van der Waals surface area contributed by atoms with Gasteiger partial charge in [-0.05, 0) is 38.5 Å². The van der Waals surface area contributed by atoms with Crippen molar-refractivity contribution in [3.63, 3.8) is 0 Å². The first-order valence-electron chi connectivity index (χ1n) is 6.37. The molecule has 0 amide bonds. The van der Waals surface area contributed by atoms with E-state index >= 15 is 0 Å². The molecule has 0 spiro atoms. The van der Waals surface area contributed by atoms with E-state index in [0.717, 1.165) is 5.56 Å². The molecule has 1 aromatic carbocycles. The van der Waals surface area contributed by atoms with Crippen LogP contribution < -0.4 is 5.32 Å². The number of nitrogens with one attached hydrogen (secondary N) is 1. The van der Waals surface area contributed by atoms with E-state index in [4.69, 9.17) is 21.1 Å². The number of hydrogen-bond donors (Lipinski definition) is 1. The molecule has 1 aromatic rings. The number of benzene rings is 1. The lowest BCUT2D eigenvalue weighted by atomic mass is 10.1. The van der Waals surface area contributed by atoms with Crippen LogP contribution in [0.25, 0.3) is 0 Å². The number of ether oxygens (including phenoxy) is 2. The number of hydrogen-bond acceptors (Lipinski definition) is 3. The molecule has 0 aliphatic carbocycles. The fourth-order valence-corrected chi connectivity index (χ4v) is 2.26. The van der Waals surface area contributed by atoms with E-state index < -0.39 is 11.6 Å². The van der Waals surface area contributed by atoms with E-state index in [9.17, 15) is 4.39 Å². The molecule has 5 heteroatoms. The minimum atomic E-state index is -0.505. The quantitative estimate of drug-likeness (QED) is 0.922. The molecule has 0 bridgehead atoms. The van der Waals surface area contributed by atoms with Crippen molar-refractivity contribution in [1.82, 2.24) is 5.32 Å². The van der Waals surface area contributed by atoms with Gasteiger partial charge >= 0.3 is 0 Å². The Kier molecular flexibility index (Phi) is 4.46. The highest BCUT2D eigenvalue weighted by Gasteiger charge is 2.32. The molecular formula is C14H19ClFNO2. The molecule has 0 radical (unpaired) electrons. The zero-order valence-electron chi connectivity index (χ0n) is 11.4. The van der Waals surface area contributed by atoms with Crippen LogP contribution in [0.4, 0.5) is 4.39 Å². The summed E-state index contributed by atoms with van der Waals surface area (Å²) in [7, 11) is 0. The Hall–Kier alpha value is -0.680. The van der Waals surface area contributed by atoms with Gasteiger partial charge in [0.1, 0.15) is 5.82 Å². The maximum Gasteiger partial charge on any atom is 0.163 e. The van der Waals surface area contributed by atoms with Crippen molar-refractivity contribution < 1.29 is 13.9 Å². The third-order valence-electron chi connectivity index (χ3n) is 3.16. The van der Waals surface area contributed by atoms with Gasteiger partial charge in [-0.25, -0.2) is 4.39 Å². The summed E-state index contributed by atoms with van der Waals surface area (Å²) in [6, 6.07) is 4.83. The molecule has 2 atom stereocenters. The van der Waals surface area contributed by atoms with E-state index in [2.05, 4.69) is 5.32 Å². The summed E-state index contributed by atoms with van der Waals surface area (Å²) in [6.45, 7) is 7.06. The Bertz CT molecular complexity index is 453. The van der Waals surface area contributed by atoms with Crippen molar-refractivity contribution in [3.05, 3.63) is 34.6 Å². The van der Waals surface area contributed by atoms with Crippen LogP contribution in [0.1, 0.15) is 32.4 Å². The molecule has 19 heavy (non-hydrogen) atoms. The maximum absolute atomic E-state index is 13.1. The third kappa shape index (κ3) is 3.89. The van der Waals surface area contributed by atoms with Crippen LogP contribution in [-0.2, 0) is 9.47 Å². The summed E-state index contributed by atoms with van der Waals surface area (Å²) in [4.78, 5) is 0. The first-order chi connectivity index (χ1) is 8.87. The van der Waals surface area contributed by atoms with Gasteiger partial charge in [0, 0.05) is 12.6 Å². The fraction of sp³-hybridized carbons (Fsp3) is 0.571. The van der Waals surface area contributed by atoms with Gasteiger partial charge in [0.2, 0.25) is 0 Å². The average molecular weight is 288 g/mol. The molecule has 2 rings (SSSR count). The molecule has 1 aliphatic heterocycles. The minimum absolute atomic E-state index is 0.0355. The molecular weight excluding hydrogens is 269 g/mol. The van der Waals surface area contributed by atoms with E-state index in [1.165, 1.54) is 6.07 Å². The van der Waals surface area contributed by atoms with Gasteiger partial charge in [-0.2, -0.15) is 0 Å². The molecule has 0 aromatic heterocycles. The van der Waals surface area contributed by atoms with Crippen molar-refractivity contribution >= 4 is 11.6 Å². The second-order valence-electron chi connectivity index (χ2n) is 5.25. The topological polar surface area (TPSA) is 30.5 Å². The SMILES string of the molecule is CC(NCC1COC(C)(C)O1)c1ccc(F)c(Cl)c1. The average Bonchev–Trinajstić information content (AvgIpc) is 2.69. The van der Waals surface area contributed by atoms with Gasteiger partial charge in [-0.3, -0.25) is 0 Å². The van der Waals surface area contributed by atoms with E-state index in [1.54, 1.807) is 12.1 Å². The highest BCUT2D eigenvalue weighted by Crippen LogP contribution is 2.23. The maximum atomic E-state index is 13.1. The zero-order chi connectivity index (χ0) is 14.0. The van der Waals surface area contributed by atoms with Crippen LogP contribution in [0.3, 0.4) is 0 Å². The van der Waals surface area contributed by atoms with Crippen molar-refractivity contribution in [2.75, 3.05) is 13.2 Å². The summed E-state index contributed by atoms with van der Waals surface area (Å²) < 4.78 is 24.3. The van der Waals surface area contributed by atoms with E-state index in [0.29, 0.717) is 13.2 Å². The molecule has 106 valence electrons. The standard InChI is InChI=1S/C14H19ClFNO2/c1-9(10-4-5-13(16)12(15)6-10)17-7-11-8-18-14(2,3)19-11/h4-6,9,11,17H,7-8H2,1-3H3. The highest BCUT2D eigenvalue weighted by molar-refractivity contribution is 6.30. The predicted octanol–water partition coefficient (Wildman–Crippen LogP) is 3.28. The Morgan fingerprint density at radius 2 is 2.26 bits per heavy atom. The number of halogens is 2. The molecule has 1 aliphatic rings. The summed E-state index contributed by atoms with van der Waals surface area (Å²) >= 11 is 5.78. The lowest BCUT2D eigenvalue weighted by Crippen LogP contribution is -2.32. The summed E-state index contributed by atoms with van der Waals surface area (Å²) in [5, 5.41) is 3.49. The Balaban J connectivity index is 1.87.